The minimum absolute atomic E-state index is 0.0110. The van der Waals surface area contributed by atoms with Gasteiger partial charge in [0.05, 0.1) is 18.8 Å². The second-order valence-electron chi connectivity index (χ2n) is 5.90. The number of piperidine rings is 1. The number of carbonyl (C=O) groups excluding carboxylic acids is 1. The summed E-state index contributed by atoms with van der Waals surface area (Å²) in [6, 6.07) is 1.79. The highest BCUT2D eigenvalue weighted by atomic mass is 16.5. The molecule has 21 heavy (non-hydrogen) atoms. The maximum absolute atomic E-state index is 12.3. The van der Waals surface area contributed by atoms with Gasteiger partial charge in [0.15, 0.2) is 0 Å². The molecule has 2 fully saturated rings. The number of amides is 1. The second-order valence-corrected chi connectivity index (χ2v) is 5.90. The SMILES string of the molecule is Cc1cc(C(=O)N2CCC(OCC3CCCO3)CC2)n[nH]1. The number of aryl methyl sites for hydroxylation is 1. The fourth-order valence-corrected chi connectivity index (χ4v) is 2.93. The van der Waals surface area contributed by atoms with Crippen molar-refractivity contribution in [1.29, 1.82) is 0 Å². The molecule has 3 rings (SSSR count). The van der Waals surface area contributed by atoms with Crippen LogP contribution in [-0.4, -0.2) is 59.5 Å². The second kappa shape index (κ2) is 6.58. The molecule has 2 saturated heterocycles. The fraction of sp³-hybridized carbons (Fsp3) is 0.733. The number of hydrogen-bond donors (Lipinski definition) is 1. The average Bonchev–Trinajstić information content (AvgIpc) is 3.16. The highest BCUT2D eigenvalue weighted by Gasteiger charge is 2.26. The van der Waals surface area contributed by atoms with Crippen LogP contribution < -0.4 is 0 Å². The first-order valence-corrected chi connectivity index (χ1v) is 7.77. The molecule has 1 aromatic heterocycles. The summed E-state index contributed by atoms with van der Waals surface area (Å²) in [7, 11) is 0. The van der Waals surface area contributed by atoms with Gasteiger partial charge in [-0.2, -0.15) is 5.10 Å². The third-order valence-electron chi connectivity index (χ3n) is 4.20. The summed E-state index contributed by atoms with van der Waals surface area (Å²) < 4.78 is 11.5. The Bertz CT molecular complexity index is 474. The Labute approximate surface area is 124 Å². The van der Waals surface area contributed by atoms with Crippen LogP contribution in [0, 0.1) is 6.92 Å². The third kappa shape index (κ3) is 3.63. The van der Waals surface area contributed by atoms with Gasteiger partial charge in [-0.3, -0.25) is 9.89 Å². The normalized spacial score (nSPS) is 23.7. The van der Waals surface area contributed by atoms with Crippen molar-refractivity contribution in [2.45, 2.75) is 44.8 Å². The van der Waals surface area contributed by atoms with E-state index < -0.39 is 0 Å². The van der Waals surface area contributed by atoms with Crippen LogP contribution >= 0.6 is 0 Å². The van der Waals surface area contributed by atoms with Gasteiger partial charge in [-0.1, -0.05) is 0 Å². The minimum Gasteiger partial charge on any atom is -0.376 e. The van der Waals surface area contributed by atoms with Crippen LogP contribution in [0.25, 0.3) is 0 Å². The number of hydrogen-bond acceptors (Lipinski definition) is 4. The maximum Gasteiger partial charge on any atom is 0.274 e. The van der Waals surface area contributed by atoms with Crippen LogP contribution in [0.2, 0.25) is 0 Å². The van der Waals surface area contributed by atoms with Crippen molar-refractivity contribution >= 4 is 5.91 Å². The molecule has 1 atom stereocenters. The number of aromatic nitrogens is 2. The van der Waals surface area contributed by atoms with E-state index in [0.717, 1.165) is 51.1 Å². The van der Waals surface area contributed by atoms with E-state index in [4.69, 9.17) is 9.47 Å². The molecule has 1 N–H and O–H groups in total. The summed E-state index contributed by atoms with van der Waals surface area (Å²) >= 11 is 0. The zero-order valence-corrected chi connectivity index (χ0v) is 12.5. The van der Waals surface area contributed by atoms with Crippen molar-refractivity contribution in [3.8, 4) is 0 Å². The van der Waals surface area contributed by atoms with Gasteiger partial charge in [0.25, 0.3) is 5.91 Å². The van der Waals surface area contributed by atoms with Gasteiger partial charge in [-0.05, 0) is 38.7 Å². The van der Waals surface area contributed by atoms with E-state index in [0.29, 0.717) is 12.3 Å². The molecule has 2 aliphatic heterocycles. The van der Waals surface area contributed by atoms with E-state index in [1.165, 1.54) is 0 Å². The number of aromatic amines is 1. The van der Waals surface area contributed by atoms with Crippen LogP contribution in [-0.2, 0) is 9.47 Å². The lowest BCUT2D eigenvalue weighted by Gasteiger charge is -2.32. The zero-order chi connectivity index (χ0) is 14.7. The topological polar surface area (TPSA) is 67.5 Å². The molecule has 2 aliphatic rings. The average molecular weight is 293 g/mol. The number of H-pyrrole nitrogens is 1. The van der Waals surface area contributed by atoms with E-state index in [-0.39, 0.29) is 18.1 Å². The lowest BCUT2D eigenvalue weighted by Crippen LogP contribution is -2.41. The Morgan fingerprint density at radius 3 is 2.90 bits per heavy atom. The number of nitrogens with one attached hydrogen (secondary N) is 1. The van der Waals surface area contributed by atoms with E-state index in [1.54, 1.807) is 6.07 Å². The largest absolute Gasteiger partial charge is 0.376 e. The van der Waals surface area contributed by atoms with Gasteiger partial charge >= 0.3 is 0 Å². The zero-order valence-electron chi connectivity index (χ0n) is 12.5. The molecule has 0 spiro atoms. The molecule has 0 bridgehead atoms. The van der Waals surface area contributed by atoms with Gasteiger partial charge in [0.2, 0.25) is 0 Å². The molecule has 1 unspecified atom stereocenters. The van der Waals surface area contributed by atoms with E-state index in [9.17, 15) is 4.79 Å². The molecule has 3 heterocycles. The Balaban J connectivity index is 1.43. The standard InChI is InChI=1S/C15H23N3O3/c1-11-9-14(17-16-11)15(19)18-6-4-12(5-7-18)21-10-13-3-2-8-20-13/h9,12-13H,2-8,10H2,1H3,(H,16,17). The number of likely N-dealkylation sites (tertiary alicyclic amines) is 1. The molecule has 1 aromatic rings. The molecule has 0 aromatic carbocycles. The quantitative estimate of drug-likeness (QED) is 0.914. The fourth-order valence-electron chi connectivity index (χ4n) is 2.93. The first kappa shape index (κ1) is 14.5. The Kier molecular flexibility index (Phi) is 4.55. The Morgan fingerprint density at radius 2 is 2.29 bits per heavy atom. The predicted molar refractivity (Wildman–Crippen MR) is 77.2 cm³/mol. The molecular weight excluding hydrogens is 270 g/mol. The van der Waals surface area contributed by atoms with E-state index >= 15 is 0 Å². The summed E-state index contributed by atoms with van der Waals surface area (Å²) in [5.74, 6) is 0.0110. The molecule has 0 saturated carbocycles. The minimum atomic E-state index is 0.0110. The molecule has 6 nitrogen and oxygen atoms in total. The van der Waals surface area contributed by atoms with Crippen molar-refractivity contribution in [3.05, 3.63) is 17.5 Å². The lowest BCUT2D eigenvalue weighted by atomic mass is 10.1. The van der Waals surface area contributed by atoms with Crippen LogP contribution in [0.5, 0.6) is 0 Å². The van der Waals surface area contributed by atoms with Gasteiger partial charge < -0.3 is 14.4 Å². The smallest absolute Gasteiger partial charge is 0.274 e. The molecule has 116 valence electrons. The number of ether oxygens (including phenoxy) is 2. The van der Waals surface area contributed by atoms with Crippen LogP contribution in [0.3, 0.4) is 0 Å². The van der Waals surface area contributed by atoms with Crippen molar-refractivity contribution in [2.24, 2.45) is 0 Å². The lowest BCUT2D eigenvalue weighted by molar-refractivity contribution is -0.0395. The van der Waals surface area contributed by atoms with Crippen LogP contribution in [0.1, 0.15) is 41.9 Å². The number of nitrogens with zero attached hydrogens (tertiary/aromatic N) is 2. The van der Waals surface area contributed by atoms with Crippen molar-refractivity contribution in [2.75, 3.05) is 26.3 Å². The molecule has 0 radical (unpaired) electrons. The molecule has 1 amide bonds. The number of carbonyl (C=O) groups is 1. The van der Waals surface area contributed by atoms with Crippen LogP contribution in [0.4, 0.5) is 0 Å². The summed E-state index contributed by atoms with van der Waals surface area (Å²) in [4.78, 5) is 14.1. The van der Waals surface area contributed by atoms with Crippen molar-refractivity contribution in [3.63, 3.8) is 0 Å². The summed E-state index contributed by atoms with van der Waals surface area (Å²) in [6.07, 6.45) is 4.56. The van der Waals surface area contributed by atoms with E-state index in [2.05, 4.69) is 10.2 Å². The highest BCUT2D eigenvalue weighted by molar-refractivity contribution is 5.92. The van der Waals surface area contributed by atoms with Crippen molar-refractivity contribution in [1.82, 2.24) is 15.1 Å². The van der Waals surface area contributed by atoms with E-state index in [1.807, 2.05) is 11.8 Å². The first-order chi connectivity index (χ1) is 10.2. The van der Waals surface area contributed by atoms with Gasteiger partial charge in [-0.25, -0.2) is 0 Å². The summed E-state index contributed by atoms with van der Waals surface area (Å²) in [6.45, 7) is 4.93. The summed E-state index contributed by atoms with van der Waals surface area (Å²) in [5.41, 5.74) is 1.42. The third-order valence-corrected chi connectivity index (χ3v) is 4.20. The van der Waals surface area contributed by atoms with Gasteiger partial charge in [0.1, 0.15) is 5.69 Å². The van der Waals surface area contributed by atoms with Crippen molar-refractivity contribution < 1.29 is 14.3 Å². The van der Waals surface area contributed by atoms with Gasteiger partial charge in [-0.15, -0.1) is 0 Å². The Hall–Kier alpha value is -1.40. The number of rotatable bonds is 4. The molecule has 6 heteroatoms. The monoisotopic (exact) mass is 293 g/mol. The predicted octanol–water partition coefficient (Wildman–Crippen LogP) is 1.52. The summed E-state index contributed by atoms with van der Waals surface area (Å²) in [5, 5.41) is 6.85. The molecular formula is C15H23N3O3. The van der Waals surface area contributed by atoms with Crippen LogP contribution in [0.15, 0.2) is 6.07 Å². The maximum atomic E-state index is 12.3. The Morgan fingerprint density at radius 1 is 1.48 bits per heavy atom. The highest BCUT2D eigenvalue weighted by Crippen LogP contribution is 2.18. The van der Waals surface area contributed by atoms with Gasteiger partial charge in [0, 0.05) is 25.4 Å². The first-order valence-electron chi connectivity index (χ1n) is 7.77. The molecule has 0 aliphatic carbocycles.